The Morgan fingerprint density at radius 2 is 2.05 bits per heavy atom. The molecule has 0 N–H and O–H groups in total. The summed E-state index contributed by atoms with van der Waals surface area (Å²) in [5.41, 5.74) is 2.13. The SMILES string of the molecule is CCC1=NC2=NC(=O)C(=Cc3ccco3)N2N=C1CC. The summed E-state index contributed by atoms with van der Waals surface area (Å²) >= 11 is 0. The van der Waals surface area contributed by atoms with Crippen molar-refractivity contribution in [2.45, 2.75) is 26.7 Å². The van der Waals surface area contributed by atoms with E-state index in [1.54, 1.807) is 24.5 Å². The average Bonchev–Trinajstić information content (AvgIpc) is 3.06. The smallest absolute Gasteiger partial charge is 0.299 e. The van der Waals surface area contributed by atoms with E-state index in [9.17, 15) is 4.79 Å². The van der Waals surface area contributed by atoms with Crippen LogP contribution in [0.1, 0.15) is 32.4 Å². The third-order valence-electron chi connectivity index (χ3n) is 3.12. The number of carbonyl (C=O) groups is 1. The molecule has 0 aromatic carbocycles. The zero-order valence-corrected chi connectivity index (χ0v) is 11.3. The molecule has 0 unspecified atom stereocenters. The number of guanidine groups is 1. The lowest BCUT2D eigenvalue weighted by Gasteiger charge is -2.20. The van der Waals surface area contributed by atoms with Crippen LogP contribution in [-0.4, -0.2) is 28.3 Å². The molecule has 6 heteroatoms. The summed E-state index contributed by atoms with van der Waals surface area (Å²) in [5.74, 6) is 0.571. The van der Waals surface area contributed by atoms with E-state index in [0.717, 1.165) is 24.3 Å². The molecule has 0 aliphatic carbocycles. The first kappa shape index (κ1) is 12.5. The molecule has 0 radical (unpaired) electrons. The van der Waals surface area contributed by atoms with Gasteiger partial charge in [-0.2, -0.15) is 15.1 Å². The van der Waals surface area contributed by atoms with Gasteiger partial charge in [0, 0.05) is 6.08 Å². The molecule has 0 saturated carbocycles. The summed E-state index contributed by atoms with van der Waals surface area (Å²) in [6.45, 7) is 4.02. The van der Waals surface area contributed by atoms with E-state index < -0.39 is 0 Å². The monoisotopic (exact) mass is 270 g/mol. The van der Waals surface area contributed by atoms with Crippen molar-refractivity contribution in [1.82, 2.24) is 5.01 Å². The Bertz CT molecular complexity index is 665. The first-order valence-electron chi connectivity index (χ1n) is 6.56. The zero-order valence-electron chi connectivity index (χ0n) is 11.3. The molecule has 3 heterocycles. The standard InChI is InChI=1S/C14H14N4O2/c1-3-10-11(4-2)17-18-12(8-9-6-5-7-20-9)13(19)16-14(18)15-10/h5-8H,3-4H2,1-2H3. The van der Waals surface area contributed by atoms with Crippen LogP contribution in [0.3, 0.4) is 0 Å². The fraction of sp³-hybridized carbons (Fsp3) is 0.286. The largest absolute Gasteiger partial charge is 0.465 e. The quantitative estimate of drug-likeness (QED) is 0.792. The van der Waals surface area contributed by atoms with Gasteiger partial charge in [-0.25, -0.2) is 4.99 Å². The van der Waals surface area contributed by atoms with E-state index in [2.05, 4.69) is 15.1 Å². The lowest BCUT2D eigenvalue weighted by molar-refractivity contribution is -0.114. The van der Waals surface area contributed by atoms with E-state index in [4.69, 9.17) is 4.42 Å². The summed E-state index contributed by atoms with van der Waals surface area (Å²) in [6, 6.07) is 3.53. The summed E-state index contributed by atoms with van der Waals surface area (Å²) < 4.78 is 5.23. The second-order valence-electron chi connectivity index (χ2n) is 4.39. The van der Waals surface area contributed by atoms with Crippen LogP contribution in [0.15, 0.2) is 43.6 Å². The van der Waals surface area contributed by atoms with Crippen LogP contribution in [-0.2, 0) is 4.79 Å². The van der Waals surface area contributed by atoms with Gasteiger partial charge in [0.1, 0.15) is 11.5 Å². The third kappa shape index (κ3) is 1.99. The molecule has 0 saturated heterocycles. The number of furan rings is 1. The Morgan fingerprint density at radius 3 is 2.70 bits per heavy atom. The molecule has 1 aromatic rings. The number of aliphatic imine (C=N–C) groups is 2. The van der Waals surface area contributed by atoms with Gasteiger partial charge in [-0.3, -0.25) is 4.79 Å². The molecule has 0 spiro atoms. The van der Waals surface area contributed by atoms with Gasteiger partial charge in [0.25, 0.3) is 11.9 Å². The minimum atomic E-state index is -0.350. The normalized spacial score (nSPS) is 19.9. The van der Waals surface area contributed by atoms with Crippen LogP contribution in [0, 0.1) is 0 Å². The Kier molecular flexibility index (Phi) is 3.06. The average molecular weight is 270 g/mol. The van der Waals surface area contributed by atoms with Gasteiger partial charge in [-0.05, 0) is 25.0 Å². The fourth-order valence-corrected chi connectivity index (χ4v) is 2.12. The highest BCUT2D eigenvalue weighted by molar-refractivity contribution is 6.45. The van der Waals surface area contributed by atoms with Crippen molar-refractivity contribution >= 4 is 29.4 Å². The number of fused-ring (bicyclic) bond motifs is 1. The lowest BCUT2D eigenvalue weighted by atomic mass is 10.1. The minimum Gasteiger partial charge on any atom is -0.465 e. The van der Waals surface area contributed by atoms with Crippen LogP contribution in [0.4, 0.5) is 0 Å². The second-order valence-corrected chi connectivity index (χ2v) is 4.39. The lowest BCUT2D eigenvalue weighted by Crippen LogP contribution is -2.30. The third-order valence-corrected chi connectivity index (χ3v) is 3.12. The van der Waals surface area contributed by atoms with Gasteiger partial charge in [0.15, 0.2) is 0 Å². The van der Waals surface area contributed by atoms with Crippen LogP contribution >= 0.6 is 0 Å². The molecule has 102 valence electrons. The van der Waals surface area contributed by atoms with Crippen LogP contribution < -0.4 is 0 Å². The molecular weight excluding hydrogens is 256 g/mol. The van der Waals surface area contributed by atoms with E-state index in [0.29, 0.717) is 17.4 Å². The summed E-state index contributed by atoms with van der Waals surface area (Å²) in [7, 11) is 0. The predicted octanol–water partition coefficient (Wildman–Crippen LogP) is 2.45. The van der Waals surface area contributed by atoms with Crippen LogP contribution in [0.5, 0.6) is 0 Å². The topological polar surface area (TPSA) is 70.5 Å². The van der Waals surface area contributed by atoms with E-state index >= 15 is 0 Å². The van der Waals surface area contributed by atoms with E-state index in [-0.39, 0.29) is 5.91 Å². The highest BCUT2D eigenvalue weighted by atomic mass is 16.3. The number of amides is 1. The molecule has 1 aromatic heterocycles. The van der Waals surface area contributed by atoms with Gasteiger partial charge in [0.2, 0.25) is 0 Å². The van der Waals surface area contributed by atoms with Crippen LogP contribution in [0.2, 0.25) is 0 Å². The summed E-state index contributed by atoms with van der Waals surface area (Å²) in [5, 5.41) is 5.97. The molecule has 1 amide bonds. The Labute approximate surface area is 116 Å². The molecule has 0 fully saturated rings. The van der Waals surface area contributed by atoms with E-state index in [1.807, 2.05) is 13.8 Å². The van der Waals surface area contributed by atoms with Crippen molar-refractivity contribution < 1.29 is 9.21 Å². The molecule has 6 nitrogen and oxygen atoms in total. The maximum absolute atomic E-state index is 12.0. The Hall–Kier alpha value is -2.50. The highest BCUT2D eigenvalue weighted by Crippen LogP contribution is 2.24. The van der Waals surface area contributed by atoms with Crippen molar-refractivity contribution in [2.75, 3.05) is 0 Å². The number of nitrogens with zero attached hydrogens (tertiary/aromatic N) is 4. The minimum absolute atomic E-state index is 0.335. The number of hydrazone groups is 1. The Balaban J connectivity index is 2.01. The van der Waals surface area contributed by atoms with Gasteiger partial charge in [-0.15, -0.1) is 0 Å². The van der Waals surface area contributed by atoms with E-state index in [1.165, 1.54) is 5.01 Å². The van der Waals surface area contributed by atoms with Crippen molar-refractivity contribution in [3.05, 3.63) is 29.9 Å². The highest BCUT2D eigenvalue weighted by Gasteiger charge is 2.33. The van der Waals surface area contributed by atoms with Crippen molar-refractivity contribution in [1.29, 1.82) is 0 Å². The van der Waals surface area contributed by atoms with Gasteiger partial charge in [0.05, 0.1) is 17.7 Å². The second kappa shape index (κ2) is 4.88. The number of rotatable bonds is 3. The molecule has 2 aliphatic heterocycles. The van der Waals surface area contributed by atoms with Crippen LogP contribution in [0.25, 0.3) is 6.08 Å². The molecule has 3 rings (SSSR count). The first-order chi connectivity index (χ1) is 9.72. The van der Waals surface area contributed by atoms with Gasteiger partial charge < -0.3 is 4.42 Å². The number of hydrogen-bond acceptors (Lipinski definition) is 5. The molecular formula is C14H14N4O2. The Morgan fingerprint density at radius 1 is 1.25 bits per heavy atom. The summed E-state index contributed by atoms with van der Waals surface area (Å²) in [4.78, 5) is 20.3. The maximum Gasteiger partial charge on any atom is 0.299 e. The summed E-state index contributed by atoms with van der Waals surface area (Å²) in [6.07, 6.45) is 4.71. The number of hydrogen-bond donors (Lipinski definition) is 0. The van der Waals surface area contributed by atoms with Crippen molar-refractivity contribution in [3.8, 4) is 0 Å². The molecule has 2 aliphatic rings. The molecule has 0 atom stereocenters. The first-order valence-corrected chi connectivity index (χ1v) is 6.56. The van der Waals surface area contributed by atoms with Gasteiger partial charge >= 0.3 is 0 Å². The fourth-order valence-electron chi connectivity index (χ4n) is 2.12. The number of carbonyl (C=O) groups excluding carboxylic acids is 1. The predicted molar refractivity (Wildman–Crippen MR) is 76.4 cm³/mol. The maximum atomic E-state index is 12.0. The molecule has 20 heavy (non-hydrogen) atoms. The van der Waals surface area contributed by atoms with Crippen molar-refractivity contribution in [3.63, 3.8) is 0 Å². The van der Waals surface area contributed by atoms with Crippen molar-refractivity contribution in [2.24, 2.45) is 15.1 Å². The van der Waals surface area contributed by atoms with Gasteiger partial charge in [-0.1, -0.05) is 13.8 Å². The molecule has 0 bridgehead atoms. The zero-order chi connectivity index (χ0) is 14.1.